The summed E-state index contributed by atoms with van der Waals surface area (Å²) in [5.74, 6) is -0.961. The van der Waals surface area contributed by atoms with E-state index < -0.39 is 0 Å². The van der Waals surface area contributed by atoms with Crippen molar-refractivity contribution >= 4 is 23.4 Å². The van der Waals surface area contributed by atoms with Crippen molar-refractivity contribution in [1.82, 2.24) is 9.80 Å². The average Bonchev–Trinajstić information content (AvgIpc) is 3.15. The molecule has 0 saturated carbocycles. The van der Waals surface area contributed by atoms with Crippen LogP contribution in [0, 0.1) is 41.4 Å². The molecule has 30 heavy (non-hydrogen) atoms. The average molecular weight is 407 g/mol. The summed E-state index contributed by atoms with van der Waals surface area (Å²) in [5.41, 5.74) is 1.92. The van der Waals surface area contributed by atoms with Crippen molar-refractivity contribution in [3.63, 3.8) is 0 Å². The Hall–Kier alpha value is -3.39. The standard InChI is InChI=1S/C22H25N5O3/c1-16-2-4-19(5-3-16)27-15-18(14-20(27)28)22(30)25-10-6-17(7-11-25)21(29)26(12-8-23)13-9-24/h2-5,17-18H,6-7,10-15H2,1H3/t18-/m1/s1. The van der Waals surface area contributed by atoms with Gasteiger partial charge in [0.1, 0.15) is 13.1 Å². The van der Waals surface area contributed by atoms with Gasteiger partial charge in [0.05, 0.1) is 18.1 Å². The molecule has 1 aromatic rings. The lowest BCUT2D eigenvalue weighted by atomic mass is 9.94. The molecule has 0 radical (unpaired) electrons. The highest BCUT2D eigenvalue weighted by molar-refractivity contribution is 6.00. The molecule has 1 atom stereocenters. The Kier molecular flexibility index (Phi) is 6.68. The Morgan fingerprint density at radius 2 is 1.67 bits per heavy atom. The van der Waals surface area contributed by atoms with E-state index in [2.05, 4.69) is 0 Å². The second-order valence-corrected chi connectivity index (χ2v) is 7.85. The quantitative estimate of drug-likeness (QED) is 0.687. The summed E-state index contributed by atoms with van der Waals surface area (Å²) in [4.78, 5) is 42.6. The maximum atomic E-state index is 13.0. The Morgan fingerprint density at radius 3 is 2.23 bits per heavy atom. The molecule has 2 fully saturated rings. The van der Waals surface area contributed by atoms with E-state index in [1.165, 1.54) is 4.90 Å². The van der Waals surface area contributed by atoms with Gasteiger partial charge in [-0.25, -0.2) is 0 Å². The van der Waals surface area contributed by atoms with Crippen LogP contribution >= 0.6 is 0 Å². The molecular formula is C22H25N5O3. The number of nitrogens with zero attached hydrogens (tertiary/aromatic N) is 5. The van der Waals surface area contributed by atoms with Crippen LogP contribution in [0.15, 0.2) is 24.3 Å². The SMILES string of the molecule is Cc1ccc(N2C[C@H](C(=O)N3CCC(C(=O)N(CC#N)CC#N)CC3)CC2=O)cc1. The molecular weight excluding hydrogens is 382 g/mol. The van der Waals surface area contributed by atoms with Gasteiger partial charge in [0, 0.05) is 37.7 Å². The fourth-order valence-corrected chi connectivity index (χ4v) is 4.09. The molecule has 2 aliphatic heterocycles. The first kappa shape index (κ1) is 21.3. The lowest BCUT2D eigenvalue weighted by Gasteiger charge is -2.34. The van der Waals surface area contributed by atoms with E-state index in [0.29, 0.717) is 32.5 Å². The first-order valence-electron chi connectivity index (χ1n) is 10.1. The molecule has 156 valence electrons. The third-order valence-corrected chi connectivity index (χ3v) is 5.81. The highest BCUT2D eigenvalue weighted by Gasteiger charge is 2.39. The first-order chi connectivity index (χ1) is 14.4. The molecule has 0 aliphatic carbocycles. The number of rotatable bonds is 5. The topological polar surface area (TPSA) is 109 Å². The number of likely N-dealkylation sites (tertiary alicyclic amines) is 1. The normalized spacial score (nSPS) is 19.3. The Labute approximate surface area is 176 Å². The molecule has 2 saturated heterocycles. The molecule has 0 spiro atoms. The van der Waals surface area contributed by atoms with E-state index >= 15 is 0 Å². The molecule has 3 amide bonds. The van der Waals surface area contributed by atoms with Crippen molar-refractivity contribution in [2.45, 2.75) is 26.2 Å². The monoisotopic (exact) mass is 407 g/mol. The fraction of sp³-hybridized carbons (Fsp3) is 0.500. The third kappa shape index (κ3) is 4.60. The summed E-state index contributed by atoms with van der Waals surface area (Å²) in [6.07, 6.45) is 1.20. The number of aryl methyl sites for hydroxylation is 1. The number of hydrogen-bond acceptors (Lipinski definition) is 5. The number of nitriles is 2. The van der Waals surface area contributed by atoms with Gasteiger partial charge in [-0.1, -0.05) is 17.7 Å². The smallest absolute Gasteiger partial charge is 0.228 e. The fourth-order valence-electron chi connectivity index (χ4n) is 4.09. The molecule has 2 aliphatic rings. The van der Waals surface area contributed by atoms with Crippen LogP contribution in [0.5, 0.6) is 0 Å². The van der Waals surface area contributed by atoms with Crippen molar-refractivity contribution in [2.24, 2.45) is 11.8 Å². The zero-order valence-corrected chi connectivity index (χ0v) is 17.1. The minimum Gasteiger partial charge on any atom is -0.342 e. The van der Waals surface area contributed by atoms with Gasteiger partial charge in [0.15, 0.2) is 0 Å². The number of piperidine rings is 1. The van der Waals surface area contributed by atoms with Gasteiger partial charge >= 0.3 is 0 Å². The van der Waals surface area contributed by atoms with Crippen molar-refractivity contribution in [3.8, 4) is 12.1 Å². The number of benzene rings is 1. The molecule has 0 unspecified atom stereocenters. The Bertz CT molecular complexity index is 875. The largest absolute Gasteiger partial charge is 0.342 e. The van der Waals surface area contributed by atoms with Crippen LogP contribution < -0.4 is 4.90 Å². The predicted molar refractivity (Wildman–Crippen MR) is 109 cm³/mol. The lowest BCUT2D eigenvalue weighted by Crippen LogP contribution is -2.46. The molecule has 0 bridgehead atoms. The molecule has 0 aromatic heterocycles. The van der Waals surface area contributed by atoms with Crippen molar-refractivity contribution in [2.75, 3.05) is 37.6 Å². The van der Waals surface area contributed by atoms with Gasteiger partial charge < -0.3 is 14.7 Å². The second kappa shape index (κ2) is 9.41. The lowest BCUT2D eigenvalue weighted by molar-refractivity contribution is -0.141. The van der Waals surface area contributed by atoms with E-state index in [9.17, 15) is 14.4 Å². The van der Waals surface area contributed by atoms with Crippen LogP contribution in [0.25, 0.3) is 0 Å². The van der Waals surface area contributed by atoms with E-state index in [4.69, 9.17) is 10.5 Å². The van der Waals surface area contributed by atoms with Gasteiger partial charge in [0.2, 0.25) is 17.7 Å². The second-order valence-electron chi connectivity index (χ2n) is 7.85. The van der Waals surface area contributed by atoms with Crippen LogP contribution in [0.2, 0.25) is 0 Å². The van der Waals surface area contributed by atoms with Gasteiger partial charge in [0.25, 0.3) is 0 Å². The van der Waals surface area contributed by atoms with Crippen LogP contribution in [-0.4, -0.2) is 60.2 Å². The molecule has 0 N–H and O–H groups in total. The van der Waals surface area contributed by atoms with Gasteiger partial charge in [-0.2, -0.15) is 10.5 Å². The summed E-state index contributed by atoms with van der Waals surface area (Å²) in [6.45, 7) is 3.03. The number of carbonyl (C=O) groups is 3. The van der Waals surface area contributed by atoms with Gasteiger partial charge in [-0.3, -0.25) is 14.4 Å². The van der Waals surface area contributed by atoms with Crippen molar-refractivity contribution < 1.29 is 14.4 Å². The maximum Gasteiger partial charge on any atom is 0.228 e. The Morgan fingerprint density at radius 1 is 1.07 bits per heavy atom. The zero-order chi connectivity index (χ0) is 21.7. The van der Waals surface area contributed by atoms with Crippen LogP contribution in [0.3, 0.4) is 0 Å². The van der Waals surface area contributed by atoms with Crippen LogP contribution in [0.1, 0.15) is 24.8 Å². The molecule has 8 heteroatoms. The minimum atomic E-state index is -0.375. The summed E-state index contributed by atoms with van der Waals surface area (Å²) in [6, 6.07) is 11.5. The third-order valence-electron chi connectivity index (χ3n) is 5.81. The molecule has 3 rings (SSSR count). The van der Waals surface area contributed by atoms with Gasteiger partial charge in [-0.05, 0) is 31.9 Å². The number of carbonyl (C=O) groups excluding carboxylic acids is 3. The van der Waals surface area contributed by atoms with E-state index in [1.54, 1.807) is 9.80 Å². The van der Waals surface area contributed by atoms with Gasteiger partial charge in [-0.15, -0.1) is 0 Å². The maximum absolute atomic E-state index is 13.0. The number of anilines is 1. The van der Waals surface area contributed by atoms with Crippen molar-refractivity contribution in [1.29, 1.82) is 10.5 Å². The summed E-state index contributed by atoms with van der Waals surface area (Å²) >= 11 is 0. The summed E-state index contributed by atoms with van der Waals surface area (Å²) in [7, 11) is 0. The van der Waals surface area contributed by atoms with Crippen LogP contribution in [0.4, 0.5) is 5.69 Å². The zero-order valence-electron chi connectivity index (χ0n) is 17.1. The Balaban J connectivity index is 1.56. The van der Waals surface area contributed by atoms with Crippen LogP contribution in [-0.2, 0) is 14.4 Å². The highest BCUT2D eigenvalue weighted by Crippen LogP contribution is 2.28. The van der Waals surface area contributed by atoms with Crippen molar-refractivity contribution in [3.05, 3.63) is 29.8 Å². The number of hydrogen-bond donors (Lipinski definition) is 0. The molecule has 8 nitrogen and oxygen atoms in total. The molecule has 1 aromatic carbocycles. The first-order valence-corrected chi connectivity index (χ1v) is 10.1. The minimum absolute atomic E-state index is 0.0465. The van der Waals surface area contributed by atoms with E-state index in [-0.39, 0.29) is 49.1 Å². The molecule has 2 heterocycles. The number of amides is 3. The van der Waals surface area contributed by atoms with E-state index in [0.717, 1.165) is 11.3 Å². The van der Waals surface area contributed by atoms with E-state index in [1.807, 2.05) is 43.3 Å². The predicted octanol–water partition coefficient (Wildman–Crippen LogP) is 1.46. The highest BCUT2D eigenvalue weighted by atomic mass is 16.2. The summed E-state index contributed by atoms with van der Waals surface area (Å²) < 4.78 is 0. The summed E-state index contributed by atoms with van der Waals surface area (Å²) in [5, 5.41) is 17.7.